The van der Waals surface area contributed by atoms with E-state index >= 15 is 0 Å². The zero-order valence-corrected chi connectivity index (χ0v) is 11.6. The van der Waals surface area contributed by atoms with Gasteiger partial charge < -0.3 is 15.2 Å². The molecular formula is C15H25NO2. The summed E-state index contributed by atoms with van der Waals surface area (Å²) in [6.07, 6.45) is 0.587. The molecule has 1 rings (SSSR count). The SMILES string of the molecule is COCc1cccc(CNCC(O)CC(C)C)c1. The average molecular weight is 251 g/mol. The molecule has 0 aromatic heterocycles. The van der Waals surface area contributed by atoms with Gasteiger partial charge in [0.2, 0.25) is 0 Å². The van der Waals surface area contributed by atoms with Crippen molar-refractivity contribution in [3.63, 3.8) is 0 Å². The van der Waals surface area contributed by atoms with Crippen LogP contribution in [0.2, 0.25) is 0 Å². The van der Waals surface area contributed by atoms with E-state index in [9.17, 15) is 5.11 Å². The zero-order chi connectivity index (χ0) is 13.4. The fraction of sp³-hybridized carbons (Fsp3) is 0.600. The van der Waals surface area contributed by atoms with E-state index in [1.165, 1.54) is 11.1 Å². The molecule has 102 valence electrons. The highest BCUT2D eigenvalue weighted by Crippen LogP contribution is 2.07. The van der Waals surface area contributed by atoms with Crippen LogP contribution in [0.3, 0.4) is 0 Å². The molecule has 0 saturated carbocycles. The van der Waals surface area contributed by atoms with Crippen molar-refractivity contribution in [2.75, 3.05) is 13.7 Å². The maximum absolute atomic E-state index is 9.75. The summed E-state index contributed by atoms with van der Waals surface area (Å²) in [5, 5.41) is 13.0. The second-order valence-corrected chi connectivity index (χ2v) is 5.17. The number of hydrogen-bond donors (Lipinski definition) is 2. The smallest absolute Gasteiger partial charge is 0.0713 e. The van der Waals surface area contributed by atoms with Crippen molar-refractivity contribution in [3.8, 4) is 0 Å². The first-order valence-corrected chi connectivity index (χ1v) is 6.57. The lowest BCUT2D eigenvalue weighted by molar-refractivity contribution is 0.146. The fourth-order valence-corrected chi connectivity index (χ4v) is 2.01. The molecule has 0 spiro atoms. The second kappa shape index (κ2) is 8.25. The van der Waals surface area contributed by atoms with Crippen LogP contribution in [0.1, 0.15) is 31.4 Å². The molecule has 18 heavy (non-hydrogen) atoms. The summed E-state index contributed by atoms with van der Waals surface area (Å²) >= 11 is 0. The molecule has 0 fully saturated rings. The summed E-state index contributed by atoms with van der Waals surface area (Å²) in [4.78, 5) is 0. The number of methoxy groups -OCH3 is 1. The van der Waals surface area contributed by atoms with Gasteiger partial charge in [0.25, 0.3) is 0 Å². The average Bonchev–Trinajstić information content (AvgIpc) is 2.29. The van der Waals surface area contributed by atoms with E-state index < -0.39 is 0 Å². The lowest BCUT2D eigenvalue weighted by atomic mass is 10.1. The van der Waals surface area contributed by atoms with E-state index in [-0.39, 0.29) is 6.10 Å². The van der Waals surface area contributed by atoms with Crippen LogP contribution in [-0.2, 0) is 17.9 Å². The lowest BCUT2D eigenvalue weighted by Gasteiger charge is -2.14. The molecular weight excluding hydrogens is 226 g/mol. The van der Waals surface area contributed by atoms with Crippen molar-refractivity contribution < 1.29 is 9.84 Å². The molecule has 3 nitrogen and oxygen atoms in total. The molecule has 0 radical (unpaired) electrons. The quantitative estimate of drug-likeness (QED) is 0.745. The van der Waals surface area contributed by atoms with E-state index in [1.807, 2.05) is 6.07 Å². The van der Waals surface area contributed by atoms with Gasteiger partial charge in [-0.15, -0.1) is 0 Å². The van der Waals surface area contributed by atoms with Crippen LogP contribution in [0.4, 0.5) is 0 Å². The van der Waals surface area contributed by atoms with Crippen LogP contribution in [0.5, 0.6) is 0 Å². The van der Waals surface area contributed by atoms with E-state index in [4.69, 9.17) is 4.74 Å². The first-order chi connectivity index (χ1) is 8.61. The monoisotopic (exact) mass is 251 g/mol. The van der Waals surface area contributed by atoms with Gasteiger partial charge in [0.05, 0.1) is 12.7 Å². The molecule has 2 N–H and O–H groups in total. The van der Waals surface area contributed by atoms with Gasteiger partial charge in [0.15, 0.2) is 0 Å². The van der Waals surface area contributed by atoms with Crippen molar-refractivity contribution in [3.05, 3.63) is 35.4 Å². The Morgan fingerprint density at radius 2 is 2.00 bits per heavy atom. The molecule has 0 aliphatic carbocycles. The Bertz CT molecular complexity index is 339. The molecule has 1 atom stereocenters. The van der Waals surface area contributed by atoms with Gasteiger partial charge >= 0.3 is 0 Å². The first kappa shape index (κ1) is 15.2. The number of aliphatic hydroxyl groups is 1. The van der Waals surface area contributed by atoms with Crippen molar-refractivity contribution >= 4 is 0 Å². The molecule has 0 aliphatic heterocycles. The van der Waals surface area contributed by atoms with Crippen molar-refractivity contribution in [2.24, 2.45) is 5.92 Å². The minimum Gasteiger partial charge on any atom is -0.392 e. The van der Waals surface area contributed by atoms with E-state index in [1.54, 1.807) is 7.11 Å². The molecule has 0 bridgehead atoms. The summed E-state index contributed by atoms with van der Waals surface area (Å²) in [6, 6.07) is 8.31. The Labute approximate surface area is 110 Å². The van der Waals surface area contributed by atoms with E-state index in [0.29, 0.717) is 19.1 Å². The minimum atomic E-state index is -0.257. The van der Waals surface area contributed by atoms with Crippen LogP contribution in [0.25, 0.3) is 0 Å². The van der Waals surface area contributed by atoms with Gasteiger partial charge in [-0.05, 0) is 23.5 Å². The van der Waals surface area contributed by atoms with E-state index in [0.717, 1.165) is 13.0 Å². The molecule has 1 aromatic carbocycles. The maximum Gasteiger partial charge on any atom is 0.0713 e. The predicted molar refractivity (Wildman–Crippen MR) is 74.3 cm³/mol. The molecule has 1 unspecified atom stereocenters. The Kier molecular flexibility index (Phi) is 6.94. The Morgan fingerprint density at radius 3 is 2.67 bits per heavy atom. The van der Waals surface area contributed by atoms with Gasteiger partial charge in [0.1, 0.15) is 0 Å². The van der Waals surface area contributed by atoms with Gasteiger partial charge in [-0.3, -0.25) is 0 Å². The topological polar surface area (TPSA) is 41.5 Å². The van der Waals surface area contributed by atoms with Crippen molar-refractivity contribution in [1.29, 1.82) is 0 Å². The molecule has 1 aromatic rings. The number of aliphatic hydroxyl groups excluding tert-OH is 1. The molecule has 0 saturated heterocycles. The Hall–Kier alpha value is -0.900. The van der Waals surface area contributed by atoms with Gasteiger partial charge in [-0.2, -0.15) is 0 Å². The lowest BCUT2D eigenvalue weighted by Crippen LogP contribution is -2.27. The van der Waals surface area contributed by atoms with Gasteiger partial charge in [0, 0.05) is 20.2 Å². The third-order valence-electron chi connectivity index (χ3n) is 2.75. The summed E-state index contributed by atoms with van der Waals surface area (Å²) < 4.78 is 5.11. The number of rotatable bonds is 8. The van der Waals surface area contributed by atoms with Crippen LogP contribution >= 0.6 is 0 Å². The van der Waals surface area contributed by atoms with Crippen LogP contribution in [-0.4, -0.2) is 24.9 Å². The third kappa shape index (κ3) is 6.15. The predicted octanol–water partition coefficient (Wildman–Crippen LogP) is 2.33. The third-order valence-corrected chi connectivity index (χ3v) is 2.75. The van der Waals surface area contributed by atoms with E-state index in [2.05, 4.69) is 37.4 Å². The Morgan fingerprint density at radius 1 is 1.28 bits per heavy atom. The molecule has 0 heterocycles. The standard InChI is InChI=1S/C15H25NO2/c1-12(2)7-15(17)10-16-9-13-5-4-6-14(8-13)11-18-3/h4-6,8,12,15-17H,7,9-11H2,1-3H3. The number of hydrogen-bond acceptors (Lipinski definition) is 3. The van der Waals surface area contributed by atoms with Crippen molar-refractivity contribution in [2.45, 2.75) is 39.5 Å². The normalized spacial score (nSPS) is 12.9. The van der Waals surface area contributed by atoms with Gasteiger partial charge in [-0.1, -0.05) is 38.1 Å². The highest BCUT2D eigenvalue weighted by Gasteiger charge is 2.06. The summed E-state index contributed by atoms with van der Waals surface area (Å²) in [7, 11) is 1.70. The highest BCUT2D eigenvalue weighted by atomic mass is 16.5. The number of benzene rings is 1. The molecule has 3 heteroatoms. The van der Waals surface area contributed by atoms with Gasteiger partial charge in [-0.25, -0.2) is 0 Å². The molecule has 0 amide bonds. The molecule has 0 aliphatic rings. The Balaban J connectivity index is 2.32. The number of nitrogens with one attached hydrogen (secondary N) is 1. The zero-order valence-electron chi connectivity index (χ0n) is 11.6. The summed E-state index contributed by atoms with van der Waals surface area (Å²) in [6.45, 7) is 6.32. The number of ether oxygens (including phenoxy) is 1. The minimum absolute atomic E-state index is 0.257. The maximum atomic E-state index is 9.75. The fourth-order valence-electron chi connectivity index (χ4n) is 2.01. The van der Waals surface area contributed by atoms with Crippen LogP contribution < -0.4 is 5.32 Å². The van der Waals surface area contributed by atoms with Crippen molar-refractivity contribution in [1.82, 2.24) is 5.32 Å². The first-order valence-electron chi connectivity index (χ1n) is 6.57. The van der Waals surface area contributed by atoms with Crippen LogP contribution in [0, 0.1) is 5.92 Å². The largest absolute Gasteiger partial charge is 0.392 e. The highest BCUT2D eigenvalue weighted by molar-refractivity contribution is 5.22. The second-order valence-electron chi connectivity index (χ2n) is 5.17. The summed E-state index contributed by atoms with van der Waals surface area (Å²) in [5.74, 6) is 0.534. The summed E-state index contributed by atoms with van der Waals surface area (Å²) in [5.41, 5.74) is 2.40. The van der Waals surface area contributed by atoms with Crippen LogP contribution in [0.15, 0.2) is 24.3 Å².